The van der Waals surface area contributed by atoms with Gasteiger partial charge in [-0.25, -0.2) is 0 Å². The standard InChI is InChI=1S/C18H23NO2/c1-14-5-4-6-16(13-14)15(2)19-11-12-21-18-9-7-17(20-3)8-10-18/h4-10,13,15,19H,11-12H2,1-3H3/t15-/m0/s1. The maximum atomic E-state index is 5.70. The van der Waals surface area contributed by atoms with E-state index in [0.29, 0.717) is 12.6 Å². The average Bonchev–Trinajstić information content (AvgIpc) is 2.52. The van der Waals surface area contributed by atoms with Crippen molar-refractivity contribution in [1.29, 1.82) is 0 Å². The van der Waals surface area contributed by atoms with Gasteiger partial charge in [0.05, 0.1) is 7.11 Å². The molecule has 0 bridgehead atoms. The SMILES string of the molecule is COc1ccc(OCCN[C@@H](C)c2cccc(C)c2)cc1. The lowest BCUT2D eigenvalue weighted by atomic mass is 10.1. The first-order valence-corrected chi connectivity index (χ1v) is 7.26. The van der Waals surface area contributed by atoms with Crippen molar-refractivity contribution in [3.05, 3.63) is 59.7 Å². The maximum absolute atomic E-state index is 5.70. The van der Waals surface area contributed by atoms with E-state index < -0.39 is 0 Å². The van der Waals surface area contributed by atoms with Crippen LogP contribution in [0.5, 0.6) is 11.5 Å². The Morgan fingerprint density at radius 1 is 1.05 bits per heavy atom. The van der Waals surface area contributed by atoms with Gasteiger partial charge in [-0.15, -0.1) is 0 Å². The van der Waals surface area contributed by atoms with Gasteiger partial charge in [0.1, 0.15) is 18.1 Å². The summed E-state index contributed by atoms with van der Waals surface area (Å²) in [6.07, 6.45) is 0. The molecule has 0 heterocycles. The zero-order chi connectivity index (χ0) is 15.1. The van der Waals surface area contributed by atoms with E-state index >= 15 is 0 Å². The van der Waals surface area contributed by atoms with Crippen LogP contribution < -0.4 is 14.8 Å². The van der Waals surface area contributed by atoms with Crippen LogP contribution in [0.4, 0.5) is 0 Å². The maximum Gasteiger partial charge on any atom is 0.119 e. The Bertz CT molecular complexity index is 551. The van der Waals surface area contributed by atoms with E-state index in [4.69, 9.17) is 9.47 Å². The molecular weight excluding hydrogens is 262 g/mol. The summed E-state index contributed by atoms with van der Waals surface area (Å²) in [5.74, 6) is 1.70. The average molecular weight is 285 g/mol. The minimum atomic E-state index is 0.323. The zero-order valence-corrected chi connectivity index (χ0v) is 12.9. The van der Waals surface area contributed by atoms with E-state index in [-0.39, 0.29) is 0 Å². The number of rotatable bonds is 7. The van der Waals surface area contributed by atoms with E-state index in [1.54, 1.807) is 7.11 Å². The number of nitrogens with one attached hydrogen (secondary N) is 1. The Morgan fingerprint density at radius 3 is 2.43 bits per heavy atom. The monoisotopic (exact) mass is 285 g/mol. The molecule has 0 saturated carbocycles. The summed E-state index contributed by atoms with van der Waals surface area (Å²) in [5.41, 5.74) is 2.59. The lowest BCUT2D eigenvalue weighted by Gasteiger charge is -2.15. The van der Waals surface area contributed by atoms with Gasteiger partial charge in [-0.05, 0) is 43.7 Å². The predicted octanol–water partition coefficient (Wildman–Crippen LogP) is 3.73. The number of methoxy groups -OCH3 is 1. The molecule has 0 saturated heterocycles. The molecule has 0 fully saturated rings. The zero-order valence-electron chi connectivity index (χ0n) is 12.9. The van der Waals surface area contributed by atoms with E-state index in [1.807, 2.05) is 24.3 Å². The number of hydrogen-bond acceptors (Lipinski definition) is 3. The third kappa shape index (κ3) is 4.80. The van der Waals surface area contributed by atoms with Gasteiger partial charge >= 0.3 is 0 Å². The number of ether oxygens (including phenoxy) is 2. The highest BCUT2D eigenvalue weighted by Gasteiger charge is 2.04. The molecule has 0 aliphatic heterocycles. The van der Waals surface area contributed by atoms with Crippen molar-refractivity contribution in [3.8, 4) is 11.5 Å². The van der Waals surface area contributed by atoms with Crippen LogP contribution in [0.2, 0.25) is 0 Å². The van der Waals surface area contributed by atoms with E-state index in [2.05, 4.69) is 43.4 Å². The molecule has 3 nitrogen and oxygen atoms in total. The van der Waals surface area contributed by atoms with Gasteiger partial charge < -0.3 is 14.8 Å². The summed E-state index contributed by atoms with van der Waals surface area (Å²) in [7, 11) is 1.66. The van der Waals surface area contributed by atoms with Gasteiger partial charge in [0.15, 0.2) is 0 Å². The fraction of sp³-hybridized carbons (Fsp3) is 0.333. The van der Waals surface area contributed by atoms with Gasteiger partial charge in [0.2, 0.25) is 0 Å². The molecule has 0 aliphatic carbocycles. The van der Waals surface area contributed by atoms with Gasteiger partial charge in [-0.3, -0.25) is 0 Å². The first-order chi connectivity index (χ1) is 10.2. The fourth-order valence-corrected chi connectivity index (χ4v) is 2.17. The topological polar surface area (TPSA) is 30.5 Å². The smallest absolute Gasteiger partial charge is 0.119 e. The second kappa shape index (κ2) is 7.70. The number of benzene rings is 2. The van der Waals surface area contributed by atoms with Crippen molar-refractivity contribution in [1.82, 2.24) is 5.32 Å². The van der Waals surface area contributed by atoms with Crippen LogP contribution in [0.25, 0.3) is 0 Å². The lowest BCUT2D eigenvalue weighted by molar-refractivity contribution is 0.307. The quantitative estimate of drug-likeness (QED) is 0.786. The third-order valence-electron chi connectivity index (χ3n) is 3.42. The van der Waals surface area contributed by atoms with Gasteiger partial charge in [0, 0.05) is 12.6 Å². The van der Waals surface area contributed by atoms with Gasteiger partial charge in [-0.1, -0.05) is 29.8 Å². The van der Waals surface area contributed by atoms with Gasteiger partial charge in [0.25, 0.3) is 0 Å². The summed E-state index contributed by atoms with van der Waals surface area (Å²) < 4.78 is 10.8. The molecule has 1 atom stereocenters. The van der Waals surface area contributed by atoms with Crippen LogP contribution in [0.3, 0.4) is 0 Å². The van der Waals surface area contributed by atoms with Crippen molar-refractivity contribution in [2.75, 3.05) is 20.3 Å². The Morgan fingerprint density at radius 2 is 1.76 bits per heavy atom. The Balaban J connectivity index is 1.73. The molecular formula is C18H23NO2. The van der Waals surface area contributed by atoms with Crippen LogP contribution >= 0.6 is 0 Å². The third-order valence-corrected chi connectivity index (χ3v) is 3.42. The van der Waals surface area contributed by atoms with Crippen LogP contribution in [-0.2, 0) is 0 Å². The molecule has 1 N–H and O–H groups in total. The minimum Gasteiger partial charge on any atom is -0.497 e. The number of aryl methyl sites for hydroxylation is 1. The van der Waals surface area contributed by atoms with E-state index in [0.717, 1.165) is 18.0 Å². The highest BCUT2D eigenvalue weighted by Crippen LogP contribution is 2.17. The molecule has 2 aromatic carbocycles. The molecule has 0 aliphatic rings. The molecule has 0 aromatic heterocycles. The van der Waals surface area contributed by atoms with E-state index in [9.17, 15) is 0 Å². The summed E-state index contributed by atoms with van der Waals surface area (Å²) >= 11 is 0. The van der Waals surface area contributed by atoms with Crippen molar-refractivity contribution >= 4 is 0 Å². The van der Waals surface area contributed by atoms with Gasteiger partial charge in [-0.2, -0.15) is 0 Å². The fourth-order valence-electron chi connectivity index (χ4n) is 2.17. The molecule has 2 rings (SSSR count). The van der Waals surface area contributed by atoms with Crippen LogP contribution in [0.1, 0.15) is 24.1 Å². The van der Waals surface area contributed by atoms with Crippen molar-refractivity contribution in [3.63, 3.8) is 0 Å². The largest absolute Gasteiger partial charge is 0.497 e. The summed E-state index contributed by atoms with van der Waals surface area (Å²) in [5, 5.41) is 3.47. The highest BCUT2D eigenvalue weighted by atomic mass is 16.5. The van der Waals surface area contributed by atoms with Crippen LogP contribution in [-0.4, -0.2) is 20.3 Å². The Kier molecular flexibility index (Phi) is 5.64. The molecule has 3 heteroatoms. The molecule has 0 radical (unpaired) electrons. The highest BCUT2D eigenvalue weighted by molar-refractivity contribution is 5.31. The molecule has 112 valence electrons. The van der Waals surface area contributed by atoms with Crippen molar-refractivity contribution in [2.45, 2.75) is 19.9 Å². The Hall–Kier alpha value is -2.00. The predicted molar refractivity (Wildman–Crippen MR) is 86.1 cm³/mol. The second-order valence-corrected chi connectivity index (χ2v) is 5.11. The number of hydrogen-bond donors (Lipinski definition) is 1. The first kappa shape index (κ1) is 15.4. The molecule has 0 spiro atoms. The Labute approximate surface area is 126 Å². The normalized spacial score (nSPS) is 12.0. The minimum absolute atomic E-state index is 0.323. The summed E-state index contributed by atoms with van der Waals surface area (Å²) in [6, 6.07) is 16.5. The molecule has 2 aromatic rings. The molecule has 21 heavy (non-hydrogen) atoms. The lowest BCUT2D eigenvalue weighted by Crippen LogP contribution is -2.24. The first-order valence-electron chi connectivity index (χ1n) is 7.26. The molecule has 0 amide bonds. The summed E-state index contributed by atoms with van der Waals surface area (Å²) in [4.78, 5) is 0. The molecule has 0 unspecified atom stereocenters. The van der Waals surface area contributed by atoms with E-state index in [1.165, 1.54) is 11.1 Å². The second-order valence-electron chi connectivity index (χ2n) is 5.11. The van der Waals surface area contributed by atoms with Crippen molar-refractivity contribution in [2.24, 2.45) is 0 Å². The summed E-state index contributed by atoms with van der Waals surface area (Å²) in [6.45, 7) is 5.73. The van der Waals surface area contributed by atoms with Crippen molar-refractivity contribution < 1.29 is 9.47 Å². The van der Waals surface area contributed by atoms with Crippen LogP contribution in [0, 0.1) is 6.92 Å². The van der Waals surface area contributed by atoms with Crippen LogP contribution in [0.15, 0.2) is 48.5 Å².